The minimum Gasteiger partial charge on any atom is -0.463 e. The third kappa shape index (κ3) is 8.32. The van der Waals surface area contributed by atoms with Gasteiger partial charge in [0.05, 0.1) is 0 Å². The fourth-order valence-electron chi connectivity index (χ4n) is 3.02. The second-order valence-electron chi connectivity index (χ2n) is 6.83. The maximum atomic E-state index is 12.4. The van der Waals surface area contributed by atoms with Crippen LogP contribution in [0.15, 0.2) is 34.3 Å². The van der Waals surface area contributed by atoms with Crippen molar-refractivity contribution in [3.8, 4) is 5.75 Å². The van der Waals surface area contributed by atoms with Gasteiger partial charge in [-0.05, 0) is 29.8 Å². The van der Waals surface area contributed by atoms with E-state index in [1.54, 1.807) is 0 Å². The number of carbonyl (C=O) groups excluding carboxylic acids is 3. The van der Waals surface area contributed by atoms with E-state index in [1.165, 1.54) is 12.1 Å². The van der Waals surface area contributed by atoms with Crippen LogP contribution in [-0.4, -0.2) is 60.7 Å². The molecule has 1 saturated heterocycles. The highest BCUT2D eigenvalue weighted by atomic mass is 32.2. The molecule has 3 unspecified atom stereocenters. The molecule has 186 valence electrons. The molecule has 5 atom stereocenters. The number of ether oxygens (including phenoxy) is 5. The molecule has 0 N–H and O–H groups in total. The number of nitrogens with zero attached hydrogens (tertiary/aromatic N) is 3. The van der Waals surface area contributed by atoms with Crippen LogP contribution in [-0.2, 0) is 33.3 Å². The highest BCUT2D eigenvalue weighted by Crippen LogP contribution is 2.38. The summed E-state index contributed by atoms with van der Waals surface area (Å²) in [6.07, 6.45) is -8.50. The summed E-state index contributed by atoms with van der Waals surface area (Å²) >= 11 is 0.929. The van der Waals surface area contributed by atoms with E-state index in [0.717, 1.165) is 44.7 Å². The summed E-state index contributed by atoms with van der Waals surface area (Å²) in [4.78, 5) is 37.8. The first kappa shape index (κ1) is 27.1. The van der Waals surface area contributed by atoms with Crippen LogP contribution in [0.5, 0.6) is 5.75 Å². The summed E-state index contributed by atoms with van der Waals surface area (Å²) in [6, 6.07) is 3.49. The van der Waals surface area contributed by atoms with E-state index in [4.69, 9.17) is 24.5 Å². The van der Waals surface area contributed by atoms with E-state index >= 15 is 0 Å². The predicted octanol–water partition coefficient (Wildman–Crippen LogP) is 3.51. The Morgan fingerprint density at radius 3 is 2.15 bits per heavy atom. The third-order valence-corrected chi connectivity index (χ3v) is 5.32. The normalized spacial score (nSPS) is 24.4. The maximum Gasteiger partial charge on any atom is 0.573 e. The first-order valence-electron chi connectivity index (χ1n) is 9.59. The zero-order chi connectivity index (χ0) is 25.5. The quantitative estimate of drug-likeness (QED) is 0.170. The average Bonchev–Trinajstić information content (AvgIpc) is 2.70. The molecule has 0 bridgehead atoms. The van der Waals surface area contributed by atoms with E-state index in [9.17, 15) is 27.6 Å². The highest BCUT2D eigenvalue weighted by molar-refractivity contribution is 7.99. The van der Waals surface area contributed by atoms with Gasteiger partial charge in [-0.2, -0.15) is 0 Å². The minimum absolute atomic E-state index is 0.382. The molecule has 1 heterocycles. The van der Waals surface area contributed by atoms with Crippen molar-refractivity contribution in [1.29, 1.82) is 0 Å². The van der Waals surface area contributed by atoms with Crippen molar-refractivity contribution < 1.29 is 51.2 Å². The van der Waals surface area contributed by atoms with Crippen LogP contribution in [0.1, 0.15) is 20.8 Å². The molecule has 0 radical (unpaired) electrons. The van der Waals surface area contributed by atoms with Gasteiger partial charge in [-0.1, -0.05) is 16.9 Å². The summed E-state index contributed by atoms with van der Waals surface area (Å²) in [5.74, 6) is -2.62. The molecule has 0 aliphatic carbocycles. The maximum absolute atomic E-state index is 12.4. The van der Waals surface area contributed by atoms with E-state index in [1.807, 2.05) is 0 Å². The summed E-state index contributed by atoms with van der Waals surface area (Å²) in [5.41, 5.74) is 7.98. The van der Waals surface area contributed by atoms with Crippen molar-refractivity contribution in [2.75, 3.05) is 6.61 Å². The molecule has 0 aromatic heterocycles. The van der Waals surface area contributed by atoms with E-state index in [-0.39, 0.29) is 6.61 Å². The second kappa shape index (κ2) is 11.8. The number of halogens is 3. The highest BCUT2D eigenvalue weighted by Gasteiger charge is 2.50. The summed E-state index contributed by atoms with van der Waals surface area (Å²) in [7, 11) is 0. The lowest BCUT2D eigenvalue weighted by atomic mass is 9.97. The smallest absolute Gasteiger partial charge is 0.463 e. The Morgan fingerprint density at radius 2 is 1.65 bits per heavy atom. The first-order chi connectivity index (χ1) is 15.9. The Bertz CT molecular complexity index is 940. The number of benzene rings is 1. The number of thioether (sulfide) groups is 1. The van der Waals surface area contributed by atoms with Crippen LogP contribution in [0.3, 0.4) is 0 Å². The standard InChI is InChI=1S/C19H20F3N3O8S/c1-9(26)29-8-14-16(30-10(2)27)15(24-25-23)17(31-11(3)28)18(32-14)34-13-6-4-12(5-7-13)33-19(20,21)22/h4-7,14-18H,8H2,1-3H3/t14?,15?,16-,17?,18+/m0/s1. The van der Waals surface area contributed by atoms with E-state index < -0.39 is 59.8 Å². The fraction of sp³-hybridized carbons (Fsp3) is 0.526. The van der Waals surface area contributed by atoms with Gasteiger partial charge >= 0.3 is 24.3 Å². The van der Waals surface area contributed by atoms with Crippen LogP contribution >= 0.6 is 11.8 Å². The Morgan fingerprint density at radius 1 is 1.06 bits per heavy atom. The van der Waals surface area contributed by atoms with Gasteiger partial charge in [-0.25, -0.2) is 0 Å². The Kier molecular flexibility index (Phi) is 9.41. The van der Waals surface area contributed by atoms with Gasteiger partial charge < -0.3 is 23.7 Å². The fourth-order valence-corrected chi connectivity index (χ4v) is 4.13. The molecular weight excluding hydrogens is 487 g/mol. The molecule has 0 saturated carbocycles. The first-order valence-corrected chi connectivity index (χ1v) is 10.5. The van der Waals surface area contributed by atoms with E-state index in [2.05, 4.69) is 14.8 Å². The molecule has 34 heavy (non-hydrogen) atoms. The Labute approximate surface area is 195 Å². The predicted molar refractivity (Wildman–Crippen MR) is 108 cm³/mol. The molecule has 0 amide bonds. The Hall–Kier alpha value is -3.16. The van der Waals surface area contributed by atoms with Crippen molar-refractivity contribution >= 4 is 29.7 Å². The summed E-state index contributed by atoms with van der Waals surface area (Å²) < 4.78 is 62.4. The van der Waals surface area contributed by atoms with Crippen molar-refractivity contribution in [3.63, 3.8) is 0 Å². The van der Waals surface area contributed by atoms with Crippen LogP contribution in [0.25, 0.3) is 10.4 Å². The molecule has 1 fully saturated rings. The van der Waals surface area contributed by atoms with E-state index in [0.29, 0.717) is 4.90 Å². The topological polar surface area (TPSA) is 146 Å². The molecular formula is C19H20F3N3O8S. The molecule has 1 aliphatic heterocycles. The van der Waals surface area contributed by atoms with Gasteiger partial charge in [0.1, 0.15) is 42.1 Å². The lowest BCUT2D eigenvalue weighted by molar-refractivity contribution is -0.274. The molecule has 1 aromatic rings. The summed E-state index contributed by atoms with van der Waals surface area (Å²) in [5, 5.41) is 3.62. The number of esters is 3. The van der Waals surface area contributed by atoms with Gasteiger partial charge in [0, 0.05) is 30.6 Å². The molecule has 2 rings (SSSR count). The van der Waals surface area contributed by atoms with Crippen molar-refractivity contribution in [3.05, 3.63) is 34.7 Å². The van der Waals surface area contributed by atoms with Crippen LogP contribution in [0, 0.1) is 0 Å². The van der Waals surface area contributed by atoms with Crippen molar-refractivity contribution in [2.45, 2.75) is 61.8 Å². The van der Waals surface area contributed by atoms with Gasteiger partial charge in [-0.15, -0.1) is 13.2 Å². The molecule has 1 aliphatic rings. The van der Waals surface area contributed by atoms with Gasteiger partial charge in [0.2, 0.25) is 0 Å². The van der Waals surface area contributed by atoms with Gasteiger partial charge in [-0.3, -0.25) is 14.4 Å². The van der Waals surface area contributed by atoms with Crippen LogP contribution in [0.2, 0.25) is 0 Å². The molecule has 11 nitrogen and oxygen atoms in total. The second-order valence-corrected chi connectivity index (χ2v) is 8.00. The van der Waals surface area contributed by atoms with Gasteiger partial charge in [0.25, 0.3) is 0 Å². The molecule has 0 spiro atoms. The number of carbonyl (C=O) groups is 3. The molecule has 15 heteroatoms. The van der Waals surface area contributed by atoms with Crippen LogP contribution < -0.4 is 4.74 Å². The number of hydrogen-bond acceptors (Lipinski definition) is 10. The SMILES string of the molecule is CC(=O)OCC1O[C@H](Sc2ccc(OC(F)(F)F)cc2)C(OC(C)=O)C(N=[N+]=[N-])[C@H]1OC(C)=O. The van der Waals surface area contributed by atoms with Gasteiger partial charge in [0.15, 0.2) is 0 Å². The zero-order valence-electron chi connectivity index (χ0n) is 18.1. The lowest BCUT2D eigenvalue weighted by Crippen LogP contribution is -2.59. The summed E-state index contributed by atoms with van der Waals surface area (Å²) in [6.45, 7) is 2.96. The average molecular weight is 507 g/mol. The number of azide groups is 1. The van der Waals surface area contributed by atoms with Crippen molar-refractivity contribution in [1.82, 2.24) is 0 Å². The molecule has 1 aromatic carbocycles. The Balaban J connectivity index is 2.37. The largest absolute Gasteiger partial charge is 0.573 e. The zero-order valence-corrected chi connectivity index (χ0v) is 18.9. The van der Waals surface area contributed by atoms with Crippen molar-refractivity contribution in [2.24, 2.45) is 5.11 Å². The monoisotopic (exact) mass is 507 g/mol. The lowest BCUT2D eigenvalue weighted by Gasteiger charge is -2.43. The number of alkyl halides is 3. The number of hydrogen-bond donors (Lipinski definition) is 0. The number of rotatable bonds is 8. The third-order valence-electron chi connectivity index (χ3n) is 4.17. The van der Waals surface area contributed by atoms with Crippen LogP contribution in [0.4, 0.5) is 13.2 Å². The minimum atomic E-state index is -4.86.